The Labute approximate surface area is 140 Å². The summed E-state index contributed by atoms with van der Waals surface area (Å²) in [6.45, 7) is 0.933. The molecule has 120 valence electrons. The van der Waals surface area contributed by atoms with Gasteiger partial charge in [0.25, 0.3) is 0 Å². The largest absolute Gasteiger partial charge is 0.488 e. The molecule has 0 spiro atoms. The fourth-order valence-corrected chi connectivity index (χ4v) is 3.98. The van der Waals surface area contributed by atoms with Crippen molar-refractivity contribution in [3.8, 4) is 5.75 Å². The molecule has 0 radical (unpaired) electrons. The quantitative estimate of drug-likeness (QED) is 0.748. The Balaban J connectivity index is 1.54. The van der Waals surface area contributed by atoms with Crippen LogP contribution in [0.15, 0.2) is 41.3 Å². The van der Waals surface area contributed by atoms with Gasteiger partial charge >= 0.3 is 0 Å². The summed E-state index contributed by atoms with van der Waals surface area (Å²) in [6.07, 6.45) is 3.52. The number of hydrogen-bond donors (Lipinski definition) is 0. The lowest BCUT2D eigenvalue weighted by molar-refractivity contribution is 0.0865. The molecule has 1 aliphatic carbocycles. The third kappa shape index (κ3) is 3.38. The van der Waals surface area contributed by atoms with Gasteiger partial charge < -0.3 is 9.47 Å². The van der Waals surface area contributed by atoms with Crippen LogP contribution in [-0.4, -0.2) is 19.3 Å². The Hall–Kier alpha value is -1.52. The normalized spacial score (nSPS) is 16.4. The fraction of sp³-hybridized carbons (Fsp3) is 0.368. The molecule has 0 aromatic heterocycles. The first-order valence-corrected chi connectivity index (χ1v) is 9.05. The second kappa shape index (κ2) is 6.54. The van der Waals surface area contributed by atoms with Crippen LogP contribution in [0.5, 0.6) is 5.75 Å². The Morgan fingerprint density at radius 1 is 1.04 bits per heavy atom. The highest BCUT2D eigenvalue weighted by atomic mass is 32.2. The van der Waals surface area contributed by atoms with Gasteiger partial charge in [-0.25, -0.2) is 4.39 Å². The molecule has 1 aliphatic heterocycles. The molecule has 0 unspecified atom stereocenters. The topological polar surface area (TPSA) is 18.5 Å². The Morgan fingerprint density at radius 2 is 1.91 bits per heavy atom. The van der Waals surface area contributed by atoms with E-state index in [2.05, 4.69) is 24.3 Å². The van der Waals surface area contributed by atoms with Crippen molar-refractivity contribution in [1.82, 2.24) is 0 Å². The molecule has 2 aliphatic rings. The van der Waals surface area contributed by atoms with Crippen molar-refractivity contribution in [1.29, 1.82) is 0 Å². The van der Waals surface area contributed by atoms with E-state index in [-0.39, 0.29) is 5.82 Å². The maximum atomic E-state index is 14.3. The van der Waals surface area contributed by atoms with Gasteiger partial charge in [-0.3, -0.25) is 0 Å². The molecule has 1 saturated carbocycles. The summed E-state index contributed by atoms with van der Waals surface area (Å²) in [5, 5.41) is 0. The van der Waals surface area contributed by atoms with Crippen LogP contribution in [0.1, 0.15) is 29.5 Å². The average Bonchev–Trinajstić information content (AvgIpc) is 3.39. The smallest absolute Gasteiger partial charge is 0.165 e. The Kier molecular flexibility index (Phi) is 4.27. The molecule has 2 aromatic carbocycles. The van der Waals surface area contributed by atoms with Gasteiger partial charge in [0.2, 0.25) is 0 Å². The standard InChI is InChI=1S/C19H19FO2S/c20-17-8-5-13-11-14-3-1-2-4-18(14)23-12-16(13)19(17)22-10-9-21-15-6-7-15/h1-5,8,15H,6-7,9-12H2. The van der Waals surface area contributed by atoms with E-state index in [1.807, 2.05) is 6.07 Å². The van der Waals surface area contributed by atoms with E-state index in [1.165, 1.54) is 16.5 Å². The first-order valence-electron chi connectivity index (χ1n) is 8.06. The van der Waals surface area contributed by atoms with Crippen LogP contribution >= 0.6 is 11.8 Å². The number of thioether (sulfide) groups is 1. The lowest BCUT2D eigenvalue weighted by Gasteiger charge is -2.14. The SMILES string of the molecule is Fc1ccc2c(c1OCCOC1CC1)CSc1ccccc1C2. The van der Waals surface area contributed by atoms with Crippen LogP contribution in [0.3, 0.4) is 0 Å². The number of rotatable bonds is 5. The number of halogens is 1. The average molecular weight is 330 g/mol. The van der Waals surface area contributed by atoms with Crippen molar-refractivity contribution in [2.45, 2.75) is 36.0 Å². The fourth-order valence-electron chi connectivity index (χ4n) is 2.86. The van der Waals surface area contributed by atoms with Gasteiger partial charge in [-0.05, 0) is 42.5 Å². The molecular formula is C19H19FO2S. The van der Waals surface area contributed by atoms with Crippen LogP contribution in [0.4, 0.5) is 4.39 Å². The van der Waals surface area contributed by atoms with Crippen molar-refractivity contribution < 1.29 is 13.9 Å². The summed E-state index contributed by atoms with van der Waals surface area (Å²) in [4.78, 5) is 1.27. The minimum atomic E-state index is -0.276. The number of hydrogen-bond acceptors (Lipinski definition) is 3. The Bertz CT molecular complexity index is 713. The molecule has 0 N–H and O–H groups in total. The van der Waals surface area contributed by atoms with E-state index < -0.39 is 0 Å². The summed E-state index contributed by atoms with van der Waals surface area (Å²) >= 11 is 1.75. The van der Waals surface area contributed by atoms with E-state index >= 15 is 0 Å². The summed E-state index contributed by atoms with van der Waals surface area (Å²) in [5.74, 6) is 0.868. The van der Waals surface area contributed by atoms with Crippen molar-refractivity contribution in [2.75, 3.05) is 13.2 Å². The van der Waals surface area contributed by atoms with E-state index in [0.717, 1.165) is 36.1 Å². The highest BCUT2D eigenvalue weighted by molar-refractivity contribution is 7.98. The molecule has 1 fully saturated rings. The molecule has 0 bridgehead atoms. The maximum absolute atomic E-state index is 14.3. The molecule has 2 aromatic rings. The number of ether oxygens (including phenoxy) is 2. The second-order valence-electron chi connectivity index (χ2n) is 6.01. The predicted molar refractivity (Wildman–Crippen MR) is 89.7 cm³/mol. The molecule has 2 nitrogen and oxygen atoms in total. The van der Waals surface area contributed by atoms with Gasteiger partial charge in [-0.1, -0.05) is 24.3 Å². The third-order valence-corrected chi connectivity index (χ3v) is 5.38. The van der Waals surface area contributed by atoms with Crippen LogP contribution < -0.4 is 4.74 Å². The van der Waals surface area contributed by atoms with Gasteiger partial charge in [0, 0.05) is 16.2 Å². The van der Waals surface area contributed by atoms with E-state index in [1.54, 1.807) is 11.8 Å². The number of benzene rings is 2. The minimum Gasteiger partial charge on any atom is -0.488 e. The molecule has 4 rings (SSSR count). The highest BCUT2D eigenvalue weighted by Gasteiger charge is 2.22. The van der Waals surface area contributed by atoms with Crippen molar-refractivity contribution in [3.05, 3.63) is 58.9 Å². The van der Waals surface area contributed by atoms with Gasteiger partial charge in [0.05, 0.1) is 12.7 Å². The van der Waals surface area contributed by atoms with Gasteiger partial charge in [0.15, 0.2) is 11.6 Å². The molecule has 0 saturated heterocycles. The van der Waals surface area contributed by atoms with Crippen LogP contribution in [-0.2, 0) is 16.9 Å². The lowest BCUT2D eigenvalue weighted by Crippen LogP contribution is -2.10. The molecular weight excluding hydrogens is 311 g/mol. The first-order chi connectivity index (χ1) is 11.3. The molecule has 1 heterocycles. The predicted octanol–water partition coefficient (Wildman–Crippen LogP) is 4.58. The van der Waals surface area contributed by atoms with Gasteiger partial charge in [0.1, 0.15) is 6.61 Å². The van der Waals surface area contributed by atoms with E-state index in [9.17, 15) is 4.39 Å². The molecule has 0 atom stereocenters. The summed E-state index contributed by atoms with van der Waals surface area (Å²) < 4.78 is 25.6. The van der Waals surface area contributed by atoms with Gasteiger partial charge in [-0.15, -0.1) is 11.8 Å². The third-order valence-electron chi connectivity index (χ3n) is 4.24. The van der Waals surface area contributed by atoms with Crippen molar-refractivity contribution in [3.63, 3.8) is 0 Å². The summed E-state index contributed by atoms with van der Waals surface area (Å²) in [5.41, 5.74) is 3.44. The summed E-state index contributed by atoms with van der Waals surface area (Å²) in [7, 11) is 0. The zero-order valence-electron chi connectivity index (χ0n) is 12.9. The Morgan fingerprint density at radius 3 is 2.78 bits per heavy atom. The second-order valence-corrected chi connectivity index (χ2v) is 7.02. The van der Waals surface area contributed by atoms with Crippen LogP contribution in [0.25, 0.3) is 0 Å². The van der Waals surface area contributed by atoms with Crippen LogP contribution in [0.2, 0.25) is 0 Å². The van der Waals surface area contributed by atoms with E-state index in [0.29, 0.717) is 25.1 Å². The number of fused-ring (bicyclic) bond motifs is 2. The van der Waals surface area contributed by atoms with Gasteiger partial charge in [-0.2, -0.15) is 0 Å². The lowest BCUT2D eigenvalue weighted by atomic mass is 10.00. The molecule has 23 heavy (non-hydrogen) atoms. The molecule has 0 amide bonds. The summed E-state index contributed by atoms with van der Waals surface area (Å²) in [6, 6.07) is 11.8. The van der Waals surface area contributed by atoms with Crippen molar-refractivity contribution >= 4 is 11.8 Å². The minimum absolute atomic E-state index is 0.276. The first kappa shape index (κ1) is 15.0. The zero-order valence-corrected chi connectivity index (χ0v) is 13.7. The zero-order chi connectivity index (χ0) is 15.6. The van der Waals surface area contributed by atoms with Crippen molar-refractivity contribution in [2.24, 2.45) is 0 Å². The monoisotopic (exact) mass is 330 g/mol. The maximum Gasteiger partial charge on any atom is 0.165 e. The highest BCUT2D eigenvalue weighted by Crippen LogP contribution is 2.38. The molecule has 4 heteroatoms. The van der Waals surface area contributed by atoms with E-state index in [4.69, 9.17) is 9.47 Å². The van der Waals surface area contributed by atoms with Crippen LogP contribution in [0, 0.1) is 5.82 Å².